The Hall–Kier alpha value is -2.10. The molecule has 104 valence electrons. The number of rotatable bonds is 4. The van der Waals surface area contributed by atoms with Crippen LogP contribution >= 0.6 is 22.6 Å². The van der Waals surface area contributed by atoms with Crippen LogP contribution in [-0.4, -0.2) is 26.9 Å². The number of benzene rings is 1. The Bertz CT molecular complexity index is 624. The lowest BCUT2D eigenvalue weighted by Crippen LogP contribution is -2.19. The predicted molar refractivity (Wildman–Crippen MR) is 81.7 cm³/mol. The smallest absolute Gasteiger partial charge is 0.325 e. The summed E-state index contributed by atoms with van der Waals surface area (Å²) in [6.45, 7) is -0.250. The molecule has 1 aromatic heterocycles. The summed E-state index contributed by atoms with van der Waals surface area (Å²) in [5.74, 6) is -0.997. The average molecular weight is 386 g/mol. The molecule has 8 heteroatoms. The summed E-state index contributed by atoms with van der Waals surface area (Å²) < 4.78 is 2.30. The number of aromatic nitrogens is 2. The van der Waals surface area contributed by atoms with Gasteiger partial charge in [0.2, 0.25) is 0 Å². The highest BCUT2D eigenvalue weighted by molar-refractivity contribution is 14.1. The standard InChI is InChI=1S/C12H11IN4O3/c13-8-1-3-9(4-2-8)15-12(20)16-10-5-14-17(6-10)7-11(18)19/h1-6H,7H2,(H,18,19)(H2,15,16,20). The van der Waals surface area contributed by atoms with Gasteiger partial charge in [-0.3, -0.25) is 9.48 Å². The van der Waals surface area contributed by atoms with Gasteiger partial charge in [-0.25, -0.2) is 4.79 Å². The zero-order valence-corrected chi connectivity index (χ0v) is 12.4. The molecular weight excluding hydrogens is 375 g/mol. The average Bonchev–Trinajstić information content (AvgIpc) is 2.78. The molecule has 0 saturated heterocycles. The van der Waals surface area contributed by atoms with Crippen LogP contribution < -0.4 is 10.6 Å². The Balaban J connectivity index is 1.92. The van der Waals surface area contributed by atoms with Crippen molar-refractivity contribution < 1.29 is 14.7 Å². The van der Waals surface area contributed by atoms with Crippen molar-refractivity contribution in [1.82, 2.24) is 9.78 Å². The number of nitrogens with one attached hydrogen (secondary N) is 2. The fourth-order valence-corrected chi connectivity index (χ4v) is 1.84. The number of carbonyl (C=O) groups excluding carboxylic acids is 1. The van der Waals surface area contributed by atoms with Gasteiger partial charge in [0.1, 0.15) is 6.54 Å². The number of anilines is 2. The molecule has 0 saturated carbocycles. The van der Waals surface area contributed by atoms with Gasteiger partial charge >= 0.3 is 12.0 Å². The van der Waals surface area contributed by atoms with E-state index in [2.05, 4.69) is 38.3 Å². The number of urea groups is 1. The van der Waals surface area contributed by atoms with E-state index in [4.69, 9.17) is 5.11 Å². The Morgan fingerprint density at radius 1 is 1.20 bits per heavy atom. The molecular formula is C12H11IN4O3. The normalized spacial score (nSPS) is 10.1. The molecule has 0 aliphatic carbocycles. The van der Waals surface area contributed by atoms with Gasteiger partial charge < -0.3 is 15.7 Å². The minimum absolute atomic E-state index is 0.250. The highest BCUT2D eigenvalue weighted by Crippen LogP contribution is 2.12. The molecule has 0 atom stereocenters. The van der Waals surface area contributed by atoms with Crippen LogP contribution in [0.2, 0.25) is 0 Å². The SMILES string of the molecule is O=C(O)Cn1cc(NC(=O)Nc2ccc(I)cc2)cn1. The third-order valence-corrected chi connectivity index (χ3v) is 3.01. The summed E-state index contributed by atoms with van der Waals surface area (Å²) in [6.07, 6.45) is 2.83. The number of hydrogen-bond donors (Lipinski definition) is 3. The summed E-state index contributed by atoms with van der Waals surface area (Å²) in [7, 11) is 0. The van der Waals surface area contributed by atoms with Crippen molar-refractivity contribution in [3.05, 3.63) is 40.2 Å². The summed E-state index contributed by atoms with van der Waals surface area (Å²) >= 11 is 2.17. The lowest BCUT2D eigenvalue weighted by molar-refractivity contribution is -0.137. The fourth-order valence-electron chi connectivity index (χ4n) is 1.48. The molecule has 0 spiro atoms. The first-order valence-electron chi connectivity index (χ1n) is 5.61. The number of nitrogens with zero attached hydrogens (tertiary/aromatic N) is 2. The van der Waals surface area contributed by atoms with E-state index < -0.39 is 12.0 Å². The van der Waals surface area contributed by atoms with Gasteiger partial charge in [-0.1, -0.05) is 0 Å². The van der Waals surface area contributed by atoms with Crippen molar-refractivity contribution >= 4 is 46.0 Å². The number of aliphatic carboxylic acids is 1. The Labute approximate surface area is 128 Å². The number of carboxylic acid groups (broad SMARTS) is 1. The van der Waals surface area contributed by atoms with Crippen LogP contribution in [0, 0.1) is 3.57 Å². The highest BCUT2D eigenvalue weighted by atomic mass is 127. The molecule has 1 heterocycles. The van der Waals surface area contributed by atoms with Crippen LogP contribution in [0.15, 0.2) is 36.7 Å². The Kier molecular flexibility index (Phi) is 4.56. The lowest BCUT2D eigenvalue weighted by atomic mass is 10.3. The summed E-state index contributed by atoms with van der Waals surface area (Å²) in [5.41, 5.74) is 1.09. The van der Waals surface area contributed by atoms with Crippen molar-refractivity contribution in [2.45, 2.75) is 6.54 Å². The number of amides is 2. The Morgan fingerprint density at radius 3 is 2.50 bits per heavy atom. The van der Waals surface area contributed by atoms with Crippen LogP contribution in [0.5, 0.6) is 0 Å². The van der Waals surface area contributed by atoms with E-state index in [1.165, 1.54) is 17.1 Å². The second-order valence-corrected chi connectivity index (χ2v) is 5.15. The number of carbonyl (C=O) groups is 2. The van der Waals surface area contributed by atoms with Crippen molar-refractivity contribution in [3.8, 4) is 0 Å². The van der Waals surface area contributed by atoms with Crippen molar-refractivity contribution in [2.24, 2.45) is 0 Å². The van der Waals surface area contributed by atoms with E-state index in [1.807, 2.05) is 12.1 Å². The molecule has 1 aromatic carbocycles. The minimum Gasteiger partial charge on any atom is -0.480 e. The van der Waals surface area contributed by atoms with Gasteiger partial charge in [-0.2, -0.15) is 5.10 Å². The van der Waals surface area contributed by atoms with Crippen LogP contribution in [0.1, 0.15) is 0 Å². The molecule has 0 radical (unpaired) electrons. The third-order valence-electron chi connectivity index (χ3n) is 2.29. The topological polar surface area (TPSA) is 96.2 Å². The maximum atomic E-state index is 11.7. The van der Waals surface area contributed by atoms with Gasteiger partial charge in [-0.05, 0) is 46.9 Å². The maximum Gasteiger partial charge on any atom is 0.325 e. The highest BCUT2D eigenvalue weighted by Gasteiger charge is 2.06. The molecule has 0 fully saturated rings. The number of halogens is 1. The minimum atomic E-state index is -0.997. The van der Waals surface area contributed by atoms with Gasteiger partial charge in [0.05, 0.1) is 11.9 Å². The monoisotopic (exact) mass is 386 g/mol. The van der Waals surface area contributed by atoms with E-state index in [0.29, 0.717) is 11.4 Å². The van der Waals surface area contributed by atoms with Crippen molar-refractivity contribution in [1.29, 1.82) is 0 Å². The first kappa shape index (κ1) is 14.3. The molecule has 20 heavy (non-hydrogen) atoms. The zero-order chi connectivity index (χ0) is 14.5. The van der Waals surface area contributed by atoms with E-state index in [0.717, 1.165) is 3.57 Å². The van der Waals surface area contributed by atoms with Crippen molar-refractivity contribution in [2.75, 3.05) is 10.6 Å². The molecule has 2 aromatic rings. The van der Waals surface area contributed by atoms with Gasteiger partial charge in [-0.15, -0.1) is 0 Å². The summed E-state index contributed by atoms with van der Waals surface area (Å²) in [6, 6.07) is 6.91. The lowest BCUT2D eigenvalue weighted by Gasteiger charge is -2.05. The van der Waals surface area contributed by atoms with E-state index in [1.54, 1.807) is 12.1 Å². The second kappa shape index (κ2) is 6.37. The molecule has 7 nitrogen and oxygen atoms in total. The Morgan fingerprint density at radius 2 is 1.85 bits per heavy atom. The summed E-state index contributed by atoms with van der Waals surface area (Å²) in [5, 5.41) is 17.7. The van der Waals surface area contributed by atoms with Gasteiger partial charge in [0.15, 0.2) is 0 Å². The summed E-state index contributed by atoms with van der Waals surface area (Å²) in [4.78, 5) is 22.2. The molecule has 2 rings (SSSR count). The van der Waals surface area contributed by atoms with Crippen LogP contribution in [0.4, 0.5) is 16.2 Å². The molecule has 0 unspecified atom stereocenters. The fraction of sp³-hybridized carbons (Fsp3) is 0.0833. The largest absolute Gasteiger partial charge is 0.480 e. The van der Waals surface area contributed by atoms with Gasteiger partial charge in [0, 0.05) is 15.5 Å². The third kappa shape index (κ3) is 4.23. The second-order valence-electron chi connectivity index (χ2n) is 3.91. The van der Waals surface area contributed by atoms with E-state index >= 15 is 0 Å². The van der Waals surface area contributed by atoms with Crippen LogP contribution in [-0.2, 0) is 11.3 Å². The first-order chi connectivity index (χ1) is 9.52. The zero-order valence-electron chi connectivity index (χ0n) is 10.2. The molecule has 3 N–H and O–H groups in total. The molecule has 0 aliphatic heterocycles. The van der Waals surface area contributed by atoms with Crippen molar-refractivity contribution in [3.63, 3.8) is 0 Å². The predicted octanol–water partition coefficient (Wildman–Crippen LogP) is 2.22. The van der Waals surface area contributed by atoms with Crippen LogP contribution in [0.3, 0.4) is 0 Å². The molecule has 0 bridgehead atoms. The maximum absolute atomic E-state index is 11.7. The van der Waals surface area contributed by atoms with Crippen LogP contribution in [0.25, 0.3) is 0 Å². The molecule has 0 aliphatic rings. The molecule has 2 amide bonds. The van der Waals surface area contributed by atoms with E-state index in [-0.39, 0.29) is 6.54 Å². The number of carboxylic acids is 1. The van der Waals surface area contributed by atoms with E-state index in [9.17, 15) is 9.59 Å². The van der Waals surface area contributed by atoms with Gasteiger partial charge in [0.25, 0.3) is 0 Å². The number of hydrogen-bond acceptors (Lipinski definition) is 3. The first-order valence-corrected chi connectivity index (χ1v) is 6.68. The quantitative estimate of drug-likeness (QED) is 0.703.